The number of hydrogen-bond donors (Lipinski definition) is 1. The zero-order valence-corrected chi connectivity index (χ0v) is 11.1. The third-order valence-corrected chi connectivity index (χ3v) is 2.75. The van der Waals surface area contributed by atoms with E-state index in [2.05, 4.69) is 11.4 Å². The lowest BCUT2D eigenvalue weighted by molar-refractivity contribution is 0.0966. The fraction of sp³-hybridized carbons (Fsp3) is 0.0588. The van der Waals surface area contributed by atoms with Gasteiger partial charge in [0.05, 0.1) is 11.6 Å². The van der Waals surface area contributed by atoms with Crippen molar-refractivity contribution >= 4 is 12.0 Å². The lowest BCUT2D eigenvalue weighted by Crippen LogP contribution is -2.21. The van der Waals surface area contributed by atoms with Crippen LogP contribution in [0.5, 0.6) is 0 Å². The Morgan fingerprint density at radius 1 is 1.15 bits per heavy atom. The van der Waals surface area contributed by atoms with E-state index in [4.69, 9.17) is 5.26 Å². The second kappa shape index (κ2) is 6.35. The minimum Gasteiger partial charge on any atom is -0.326 e. The van der Waals surface area contributed by atoms with Crippen molar-refractivity contribution in [2.24, 2.45) is 0 Å². The van der Waals surface area contributed by atoms with E-state index in [1.165, 1.54) is 0 Å². The molecule has 0 aromatic heterocycles. The van der Waals surface area contributed by atoms with Gasteiger partial charge >= 0.3 is 0 Å². The highest BCUT2D eigenvalue weighted by atomic mass is 16.1. The molecular formula is C17H14N2O. The molecule has 1 amide bonds. The van der Waals surface area contributed by atoms with Gasteiger partial charge in [-0.1, -0.05) is 30.3 Å². The maximum atomic E-state index is 12.0. The Morgan fingerprint density at radius 2 is 1.90 bits per heavy atom. The predicted octanol–water partition coefficient (Wildman–Crippen LogP) is 3.35. The fourth-order valence-corrected chi connectivity index (χ4v) is 1.82. The second-order valence-electron chi connectivity index (χ2n) is 4.38. The van der Waals surface area contributed by atoms with Crippen LogP contribution in [-0.4, -0.2) is 5.91 Å². The minimum atomic E-state index is -0.143. The molecule has 0 saturated carbocycles. The first-order chi connectivity index (χ1) is 9.69. The summed E-state index contributed by atoms with van der Waals surface area (Å²) < 4.78 is 0. The molecule has 1 N–H and O–H groups in total. The van der Waals surface area contributed by atoms with Gasteiger partial charge in [-0.3, -0.25) is 4.79 Å². The van der Waals surface area contributed by atoms with E-state index in [9.17, 15) is 4.79 Å². The molecule has 3 nitrogen and oxygen atoms in total. The summed E-state index contributed by atoms with van der Waals surface area (Å²) in [6.07, 6.45) is 1.84. The van der Waals surface area contributed by atoms with Crippen LogP contribution in [0, 0.1) is 11.3 Å². The summed E-state index contributed by atoms with van der Waals surface area (Å²) in [6, 6.07) is 18.4. The molecule has 0 unspecified atom stereocenters. The first-order valence-corrected chi connectivity index (χ1v) is 6.24. The van der Waals surface area contributed by atoms with Gasteiger partial charge in [-0.15, -0.1) is 0 Å². The summed E-state index contributed by atoms with van der Waals surface area (Å²) in [5, 5.41) is 11.7. The molecule has 2 aromatic rings. The van der Waals surface area contributed by atoms with Crippen LogP contribution in [0.2, 0.25) is 0 Å². The number of carbonyl (C=O) groups is 1. The Bertz CT molecular complexity index is 682. The summed E-state index contributed by atoms with van der Waals surface area (Å²) >= 11 is 0. The van der Waals surface area contributed by atoms with E-state index < -0.39 is 0 Å². The van der Waals surface area contributed by atoms with Crippen LogP contribution in [0.3, 0.4) is 0 Å². The van der Waals surface area contributed by atoms with Gasteiger partial charge in [0.1, 0.15) is 0 Å². The molecule has 20 heavy (non-hydrogen) atoms. The van der Waals surface area contributed by atoms with E-state index in [1.807, 2.05) is 43.3 Å². The monoisotopic (exact) mass is 262 g/mol. The lowest BCUT2D eigenvalue weighted by Gasteiger charge is -2.05. The molecule has 0 saturated heterocycles. The van der Waals surface area contributed by atoms with Crippen molar-refractivity contribution in [3.63, 3.8) is 0 Å². The van der Waals surface area contributed by atoms with Gasteiger partial charge in [0.2, 0.25) is 0 Å². The number of hydrogen-bond acceptors (Lipinski definition) is 2. The van der Waals surface area contributed by atoms with Crippen molar-refractivity contribution in [3.05, 3.63) is 77.0 Å². The number of carbonyl (C=O) groups excluding carboxylic acids is 1. The SMILES string of the molecule is CC(=Cc1cccc(C#N)c1)NC(=O)c1ccccc1. The molecule has 0 radical (unpaired) electrons. The van der Waals surface area contributed by atoms with E-state index in [-0.39, 0.29) is 5.91 Å². The van der Waals surface area contributed by atoms with E-state index >= 15 is 0 Å². The molecule has 0 aliphatic heterocycles. The van der Waals surface area contributed by atoms with Crippen molar-refractivity contribution < 1.29 is 4.79 Å². The summed E-state index contributed by atoms with van der Waals surface area (Å²) in [4.78, 5) is 12.0. The van der Waals surface area contributed by atoms with Crippen LogP contribution in [0.4, 0.5) is 0 Å². The topological polar surface area (TPSA) is 52.9 Å². The number of nitrogens with one attached hydrogen (secondary N) is 1. The molecule has 98 valence electrons. The van der Waals surface area contributed by atoms with Crippen molar-refractivity contribution in [3.8, 4) is 6.07 Å². The summed E-state index contributed by atoms with van der Waals surface area (Å²) in [5.41, 5.74) is 2.83. The highest BCUT2D eigenvalue weighted by molar-refractivity contribution is 5.95. The Balaban J connectivity index is 2.11. The second-order valence-corrected chi connectivity index (χ2v) is 4.38. The number of benzene rings is 2. The molecular weight excluding hydrogens is 248 g/mol. The number of nitrogens with zero attached hydrogens (tertiary/aromatic N) is 1. The molecule has 0 aliphatic rings. The molecule has 3 heteroatoms. The standard InChI is InChI=1S/C17H14N2O/c1-13(10-14-6-5-7-15(11-14)12-18)19-17(20)16-8-3-2-4-9-16/h2-11H,1H3,(H,19,20). The summed E-state index contributed by atoms with van der Waals surface area (Å²) in [7, 11) is 0. The van der Waals surface area contributed by atoms with Gasteiger partial charge in [0.15, 0.2) is 0 Å². The van der Waals surface area contributed by atoms with Crippen molar-refractivity contribution in [2.75, 3.05) is 0 Å². The third-order valence-electron chi connectivity index (χ3n) is 2.75. The largest absolute Gasteiger partial charge is 0.326 e. The first kappa shape index (κ1) is 13.6. The number of amides is 1. The average Bonchev–Trinajstić information content (AvgIpc) is 2.48. The molecule has 0 spiro atoms. The quantitative estimate of drug-likeness (QED) is 0.922. The Kier molecular flexibility index (Phi) is 4.31. The van der Waals surface area contributed by atoms with Crippen LogP contribution >= 0.6 is 0 Å². The Hall–Kier alpha value is -2.86. The predicted molar refractivity (Wildman–Crippen MR) is 78.7 cm³/mol. The Morgan fingerprint density at radius 3 is 2.60 bits per heavy atom. The van der Waals surface area contributed by atoms with Crippen LogP contribution in [0.1, 0.15) is 28.4 Å². The smallest absolute Gasteiger partial charge is 0.255 e. The highest BCUT2D eigenvalue weighted by Crippen LogP contribution is 2.08. The van der Waals surface area contributed by atoms with Crippen molar-refractivity contribution in [1.82, 2.24) is 5.32 Å². The molecule has 0 fully saturated rings. The number of allylic oxidation sites excluding steroid dienone is 1. The Labute approximate surface area is 118 Å². The number of nitriles is 1. The molecule has 0 bridgehead atoms. The normalized spacial score (nSPS) is 10.7. The maximum Gasteiger partial charge on any atom is 0.255 e. The fourth-order valence-electron chi connectivity index (χ4n) is 1.82. The maximum absolute atomic E-state index is 12.0. The van der Waals surface area contributed by atoms with Gasteiger partial charge in [-0.25, -0.2) is 0 Å². The van der Waals surface area contributed by atoms with Crippen LogP contribution in [-0.2, 0) is 0 Å². The van der Waals surface area contributed by atoms with E-state index in [0.717, 1.165) is 11.3 Å². The molecule has 0 aliphatic carbocycles. The molecule has 0 atom stereocenters. The zero-order valence-electron chi connectivity index (χ0n) is 11.1. The van der Waals surface area contributed by atoms with Crippen LogP contribution in [0.25, 0.3) is 6.08 Å². The lowest BCUT2D eigenvalue weighted by atomic mass is 10.1. The molecule has 2 rings (SSSR count). The van der Waals surface area contributed by atoms with Gasteiger partial charge in [-0.2, -0.15) is 5.26 Å². The van der Waals surface area contributed by atoms with E-state index in [1.54, 1.807) is 24.3 Å². The van der Waals surface area contributed by atoms with Gasteiger partial charge in [0, 0.05) is 11.3 Å². The van der Waals surface area contributed by atoms with Gasteiger partial charge in [0.25, 0.3) is 5.91 Å². The van der Waals surface area contributed by atoms with Crippen LogP contribution < -0.4 is 5.32 Å². The average molecular weight is 262 g/mol. The third kappa shape index (κ3) is 3.56. The number of rotatable bonds is 3. The van der Waals surface area contributed by atoms with Crippen LogP contribution in [0.15, 0.2) is 60.3 Å². The van der Waals surface area contributed by atoms with E-state index in [0.29, 0.717) is 11.1 Å². The molecule has 0 heterocycles. The summed E-state index contributed by atoms with van der Waals surface area (Å²) in [6.45, 7) is 1.82. The van der Waals surface area contributed by atoms with Crippen molar-refractivity contribution in [1.29, 1.82) is 5.26 Å². The molecule has 2 aromatic carbocycles. The van der Waals surface area contributed by atoms with Gasteiger partial charge < -0.3 is 5.32 Å². The zero-order chi connectivity index (χ0) is 14.4. The summed E-state index contributed by atoms with van der Waals surface area (Å²) in [5.74, 6) is -0.143. The highest BCUT2D eigenvalue weighted by Gasteiger charge is 2.04. The first-order valence-electron chi connectivity index (χ1n) is 6.24. The van der Waals surface area contributed by atoms with Gasteiger partial charge in [-0.05, 0) is 42.8 Å². The minimum absolute atomic E-state index is 0.143. The van der Waals surface area contributed by atoms with Crippen molar-refractivity contribution in [2.45, 2.75) is 6.92 Å².